The lowest BCUT2D eigenvalue weighted by Crippen LogP contribution is -2.52. The molecule has 1 heterocycles. The van der Waals surface area contributed by atoms with E-state index in [2.05, 4.69) is 10.6 Å². The molecule has 15 heavy (non-hydrogen) atoms. The Bertz CT molecular complexity index is 239. The number of amides is 3. The average Bonchev–Trinajstić information content (AvgIpc) is 2.29. The molecule has 0 aromatic rings. The first-order valence-corrected chi connectivity index (χ1v) is 5.00. The number of urea groups is 1. The first-order chi connectivity index (χ1) is 7.15. The van der Waals surface area contributed by atoms with Gasteiger partial charge in [-0.2, -0.15) is 0 Å². The Morgan fingerprint density at radius 1 is 1.33 bits per heavy atom. The van der Waals surface area contributed by atoms with Gasteiger partial charge >= 0.3 is 6.03 Å². The first kappa shape index (κ1) is 11.8. The number of hydrogen-bond acceptors (Lipinski definition) is 3. The number of morpholine rings is 1. The molecule has 86 valence electrons. The number of carbonyl (C=O) groups is 2. The van der Waals surface area contributed by atoms with Crippen molar-refractivity contribution in [2.45, 2.75) is 13.0 Å². The monoisotopic (exact) mass is 215 g/mol. The van der Waals surface area contributed by atoms with Crippen LogP contribution in [0.1, 0.15) is 6.92 Å². The first-order valence-electron chi connectivity index (χ1n) is 5.00. The van der Waals surface area contributed by atoms with Crippen molar-refractivity contribution >= 4 is 11.9 Å². The topological polar surface area (TPSA) is 70.7 Å². The second-order valence-corrected chi connectivity index (χ2v) is 3.38. The summed E-state index contributed by atoms with van der Waals surface area (Å²) in [5.74, 6) is -0.198. The van der Waals surface area contributed by atoms with Crippen molar-refractivity contribution < 1.29 is 14.3 Å². The molecule has 0 aliphatic carbocycles. The highest BCUT2D eigenvalue weighted by Crippen LogP contribution is 1.97. The lowest BCUT2D eigenvalue weighted by molar-refractivity contribution is -0.122. The molecule has 3 amide bonds. The number of hydrogen-bond donors (Lipinski definition) is 2. The van der Waals surface area contributed by atoms with Gasteiger partial charge in [-0.15, -0.1) is 0 Å². The Balaban J connectivity index is 2.36. The molecule has 1 atom stereocenters. The van der Waals surface area contributed by atoms with E-state index in [9.17, 15) is 9.59 Å². The van der Waals surface area contributed by atoms with Gasteiger partial charge in [0.2, 0.25) is 5.91 Å². The van der Waals surface area contributed by atoms with E-state index in [0.717, 1.165) is 0 Å². The molecule has 6 nitrogen and oxygen atoms in total. The third kappa shape index (κ3) is 3.39. The standard InChI is InChI=1S/C9H17N3O3/c1-7(8(13)10-2)11-9(14)12-3-5-15-6-4-12/h7H,3-6H2,1-2H3,(H,10,13)(H,11,14). The van der Waals surface area contributed by atoms with Crippen molar-refractivity contribution in [3.8, 4) is 0 Å². The van der Waals surface area contributed by atoms with Crippen molar-refractivity contribution in [2.24, 2.45) is 0 Å². The minimum atomic E-state index is -0.509. The fourth-order valence-corrected chi connectivity index (χ4v) is 1.32. The van der Waals surface area contributed by atoms with Crippen molar-refractivity contribution in [1.29, 1.82) is 0 Å². The van der Waals surface area contributed by atoms with E-state index in [1.54, 1.807) is 18.9 Å². The smallest absolute Gasteiger partial charge is 0.318 e. The molecule has 1 rings (SSSR count). The summed E-state index contributed by atoms with van der Waals surface area (Å²) in [5, 5.41) is 5.10. The highest BCUT2D eigenvalue weighted by atomic mass is 16.5. The molecule has 1 saturated heterocycles. The number of nitrogens with zero attached hydrogens (tertiary/aromatic N) is 1. The van der Waals surface area contributed by atoms with Crippen LogP contribution in [-0.2, 0) is 9.53 Å². The average molecular weight is 215 g/mol. The van der Waals surface area contributed by atoms with Gasteiger partial charge in [-0.3, -0.25) is 4.79 Å². The molecule has 1 aliphatic rings. The van der Waals surface area contributed by atoms with Crippen LogP contribution in [0.4, 0.5) is 4.79 Å². The molecule has 0 bridgehead atoms. The van der Waals surface area contributed by atoms with Crippen LogP contribution in [0.15, 0.2) is 0 Å². The molecule has 0 saturated carbocycles. The van der Waals surface area contributed by atoms with Crippen molar-refractivity contribution in [3.05, 3.63) is 0 Å². The largest absolute Gasteiger partial charge is 0.378 e. The number of likely N-dealkylation sites (N-methyl/N-ethyl adjacent to an activating group) is 1. The minimum absolute atomic E-state index is 0.198. The molecule has 0 radical (unpaired) electrons. The third-order valence-corrected chi connectivity index (χ3v) is 2.28. The summed E-state index contributed by atoms with van der Waals surface area (Å²) in [5.41, 5.74) is 0. The van der Waals surface area contributed by atoms with E-state index in [4.69, 9.17) is 4.74 Å². The SMILES string of the molecule is CNC(=O)C(C)NC(=O)N1CCOCC1. The molecule has 0 spiro atoms. The quantitative estimate of drug-likeness (QED) is 0.631. The molecular formula is C9H17N3O3. The van der Waals surface area contributed by atoms with E-state index < -0.39 is 6.04 Å². The fourth-order valence-electron chi connectivity index (χ4n) is 1.32. The van der Waals surface area contributed by atoms with Crippen LogP contribution >= 0.6 is 0 Å². The highest BCUT2D eigenvalue weighted by Gasteiger charge is 2.20. The Morgan fingerprint density at radius 3 is 2.47 bits per heavy atom. The summed E-state index contributed by atoms with van der Waals surface area (Å²) >= 11 is 0. The van der Waals surface area contributed by atoms with Crippen LogP contribution in [0.5, 0.6) is 0 Å². The maximum atomic E-state index is 11.6. The third-order valence-electron chi connectivity index (χ3n) is 2.28. The molecule has 6 heteroatoms. The van der Waals surface area contributed by atoms with E-state index in [1.807, 2.05) is 0 Å². The summed E-state index contributed by atoms with van der Waals surface area (Å²) < 4.78 is 5.12. The lowest BCUT2D eigenvalue weighted by atomic mass is 10.3. The molecular weight excluding hydrogens is 198 g/mol. The van der Waals surface area contributed by atoms with Gasteiger partial charge in [-0.1, -0.05) is 0 Å². The summed E-state index contributed by atoms with van der Waals surface area (Å²) in [6.45, 7) is 3.92. The molecule has 2 N–H and O–H groups in total. The second-order valence-electron chi connectivity index (χ2n) is 3.38. The maximum absolute atomic E-state index is 11.6. The van der Waals surface area contributed by atoms with E-state index in [1.165, 1.54) is 0 Å². The van der Waals surface area contributed by atoms with Gasteiger partial charge in [0.05, 0.1) is 13.2 Å². The Kier molecular flexibility index (Phi) is 4.36. The Hall–Kier alpha value is -1.30. The van der Waals surface area contributed by atoms with Crippen LogP contribution in [0, 0.1) is 0 Å². The van der Waals surface area contributed by atoms with E-state index >= 15 is 0 Å². The summed E-state index contributed by atoms with van der Waals surface area (Å²) in [4.78, 5) is 24.4. The van der Waals surface area contributed by atoms with Gasteiger partial charge in [0.15, 0.2) is 0 Å². The van der Waals surface area contributed by atoms with Gasteiger partial charge < -0.3 is 20.3 Å². The zero-order chi connectivity index (χ0) is 11.3. The number of rotatable bonds is 2. The van der Waals surface area contributed by atoms with Crippen molar-refractivity contribution in [1.82, 2.24) is 15.5 Å². The van der Waals surface area contributed by atoms with Crippen LogP contribution < -0.4 is 10.6 Å². The highest BCUT2D eigenvalue weighted by molar-refractivity contribution is 5.86. The molecule has 1 aliphatic heterocycles. The van der Waals surface area contributed by atoms with Gasteiger partial charge in [0.1, 0.15) is 6.04 Å². The van der Waals surface area contributed by atoms with Crippen LogP contribution in [0.3, 0.4) is 0 Å². The predicted molar refractivity (Wildman–Crippen MR) is 54.5 cm³/mol. The predicted octanol–water partition coefficient (Wildman–Crippen LogP) is -0.837. The molecule has 0 aromatic heterocycles. The molecule has 1 unspecified atom stereocenters. The van der Waals surface area contributed by atoms with Crippen molar-refractivity contribution in [3.63, 3.8) is 0 Å². The summed E-state index contributed by atoms with van der Waals surface area (Å²) in [7, 11) is 1.54. The minimum Gasteiger partial charge on any atom is -0.378 e. The number of nitrogens with one attached hydrogen (secondary N) is 2. The number of ether oxygens (including phenoxy) is 1. The van der Waals surface area contributed by atoms with Crippen LogP contribution in [0.2, 0.25) is 0 Å². The fraction of sp³-hybridized carbons (Fsp3) is 0.778. The van der Waals surface area contributed by atoms with Gasteiger partial charge in [0, 0.05) is 20.1 Å². The second kappa shape index (κ2) is 5.55. The zero-order valence-electron chi connectivity index (χ0n) is 9.08. The maximum Gasteiger partial charge on any atom is 0.318 e. The molecule has 0 aromatic carbocycles. The van der Waals surface area contributed by atoms with Crippen LogP contribution in [-0.4, -0.2) is 56.2 Å². The van der Waals surface area contributed by atoms with Gasteiger partial charge in [-0.25, -0.2) is 4.79 Å². The Morgan fingerprint density at radius 2 is 1.93 bits per heavy atom. The summed E-state index contributed by atoms with van der Waals surface area (Å²) in [6, 6.07) is -0.722. The zero-order valence-corrected chi connectivity index (χ0v) is 9.08. The normalized spacial score (nSPS) is 18.1. The number of carbonyl (C=O) groups excluding carboxylic acids is 2. The van der Waals surface area contributed by atoms with Crippen LogP contribution in [0.25, 0.3) is 0 Å². The van der Waals surface area contributed by atoms with Gasteiger partial charge in [-0.05, 0) is 6.92 Å². The van der Waals surface area contributed by atoms with Crippen molar-refractivity contribution in [2.75, 3.05) is 33.4 Å². The van der Waals surface area contributed by atoms with E-state index in [0.29, 0.717) is 26.3 Å². The lowest BCUT2D eigenvalue weighted by Gasteiger charge is -2.28. The van der Waals surface area contributed by atoms with E-state index in [-0.39, 0.29) is 11.9 Å². The molecule has 1 fully saturated rings. The Labute approximate surface area is 88.9 Å². The summed E-state index contributed by atoms with van der Waals surface area (Å²) in [6.07, 6.45) is 0. The van der Waals surface area contributed by atoms with Gasteiger partial charge in [0.25, 0.3) is 0 Å².